The molecule has 0 saturated heterocycles. The minimum Gasteiger partial charge on any atom is -0.494 e. The van der Waals surface area contributed by atoms with Gasteiger partial charge < -0.3 is 15.2 Å². The molecule has 5 nitrogen and oxygen atoms in total. The van der Waals surface area contributed by atoms with Crippen LogP contribution in [0.2, 0.25) is 0 Å². The minimum absolute atomic E-state index is 0.0322. The summed E-state index contributed by atoms with van der Waals surface area (Å²) in [5.74, 6) is -2.40. The zero-order valence-corrected chi connectivity index (χ0v) is 11.3. The number of carbonyl (C=O) groups excluding carboxylic acids is 1. The van der Waals surface area contributed by atoms with Crippen molar-refractivity contribution < 1.29 is 23.8 Å². The van der Waals surface area contributed by atoms with E-state index in [1.54, 1.807) is 0 Å². The van der Waals surface area contributed by atoms with Gasteiger partial charge in [0, 0.05) is 5.56 Å². The second-order valence-electron chi connectivity index (χ2n) is 5.09. The number of carboxylic acid groups (broad SMARTS) is 1. The highest BCUT2D eigenvalue weighted by atomic mass is 19.1. The molecule has 0 bridgehead atoms. The van der Waals surface area contributed by atoms with Crippen molar-refractivity contribution in [2.75, 3.05) is 7.11 Å². The summed E-state index contributed by atoms with van der Waals surface area (Å²) in [6.45, 7) is 1.48. The molecule has 0 unspecified atom stereocenters. The zero-order chi connectivity index (χ0) is 14.9. The molecule has 1 saturated carbocycles. The molecular formula is C14H16FNO4. The third-order valence-corrected chi connectivity index (χ3v) is 3.63. The standard InChI is InChI=1S/C14H16FNO4/c1-14(13(18)19,9-4-5-9)16-12(17)8-3-6-11(20-2)10(15)7-8/h3,6-7,9H,4-5H2,1-2H3,(H,16,17)(H,18,19)/t14-/m1/s1. The molecule has 0 spiro atoms. The van der Waals surface area contributed by atoms with Crippen LogP contribution in [-0.4, -0.2) is 29.6 Å². The van der Waals surface area contributed by atoms with Crippen molar-refractivity contribution in [1.29, 1.82) is 0 Å². The zero-order valence-electron chi connectivity index (χ0n) is 11.3. The van der Waals surface area contributed by atoms with E-state index in [9.17, 15) is 19.1 Å². The smallest absolute Gasteiger partial charge is 0.329 e. The Morgan fingerprint density at radius 2 is 2.10 bits per heavy atom. The van der Waals surface area contributed by atoms with Crippen LogP contribution in [0.25, 0.3) is 0 Å². The molecule has 1 atom stereocenters. The van der Waals surface area contributed by atoms with Gasteiger partial charge in [0.05, 0.1) is 7.11 Å². The van der Waals surface area contributed by atoms with E-state index in [2.05, 4.69) is 5.32 Å². The largest absolute Gasteiger partial charge is 0.494 e. The summed E-state index contributed by atoms with van der Waals surface area (Å²) in [5.41, 5.74) is -1.25. The molecule has 1 aliphatic carbocycles. The van der Waals surface area contributed by atoms with E-state index < -0.39 is 23.2 Å². The van der Waals surface area contributed by atoms with Gasteiger partial charge in [-0.05, 0) is 43.9 Å². The van der Waals surface area contributed by atoms with E-state index in [0.717, 1.165) is 18.9 Å². The second-order valence-corrected chi connectivity index (χ2v) is 5.09. The SMILES string of the molecule is COc1ccc(C(=O)N[C@@](C)(C(=O)O)C2CC2)cc1F. The Morgan fingerprint density at radius 3 is 2.55 bits per heavy atom. The molecule has 0 radical (unpaired) electrons. The lowest BCUT2D eigenvalue weighted by Crippen LogP contribution is -2.54. The molecule has 1 aromatic rings. The fourth-order valence-corrected chi connectivity index (χ4v) is 2.11. The molecule has 1 aliphatic rings. The molecule has 20 heavy (non-hydrogen) atoms. The van der Waals surface area contributed by atoms with Crippen LogP contribution in [0.5, 0.6) is 5.75 Å². The molecule has 2 rings (SSSR count). The van der Waals surface area contributed by atoms with Crippen LogP contribution in [0.1, 0.15) is 30.1 Å². The van der Waals surface area contributed by atoms with Gasteiger partial charge in [-0.1, -0.05) is 0 Å². The lowest BCUT2D eigenvalue weighted by molar-refractivity contribution is -0.144. The molecule has 2 N–H and O–H groups in total. The van der Waals surface area contributed by atoms with E-state index in [1.807, 2.05) is 0 Å². The van der Waals surface area contributed by atoms with Crippen LogP contribution < -0.4 is 10.1 Å². The number of nitrogens with one attached hydrogen (secondary N) is 1. The van der Waals surface area contributed by atoms with Crippen molar-refractivity contribution in [3.8, 4) is 5.75 Å². The highest BCUT2D eigenvalue weighted by Crippen LogP contribution is 2.39. The topological polar surface area (TPSA) is 75.6 Å². The molecular weight excluding hydrogens is 265 g/mol. The first-order chi connectivity index (χ1) is 9.38. The monoisotopic (exact) mass is 281 g/mol. The number of aliphatic carboxylic acids is 1. The lowest BCUT2D eigenvalue weighted by Gasteiger charge is -2.26. The number of halogens is 1. The minimum atomic E-state index is -1.31. The normalized spacial score (nSPS) is 17.1. The summed E-state index contributed by atoms with van der Waals surface area (Å²) >= 11 is 0. The van der Waals surface area contributed by atoms with Crippen LogP contribution >= 0.6 is 0 Å². The van der Waals surface area contributed by atoms with Crippen molar-refractivity contribution in [3.63, 3.8) is 0 Å². The number of hydrogen-bond donors (Lipinski definition) is 2. The fraction of sp³-hybridized carbons (Fsp3) is 0.429. The fourth-order valence-electron chi connectivity index (χ4n) is 2.11. The van der Waals surface area contributed by atoms with E-state index in [4.69, 9.17) is 4.74 Å². The van der Waals surface area contributed by atoms with Crippen molar-refractivity contribution >= 4 is 11.9 Å². The summed E-state index contributed by atoms with van der Waals surface area (Å²) < 4.78 is 18.3. The average Bonchev–Trinajstić information content (AvgIpc) is 3.22. The summed E-state index contributed by atoms with van der Waals surface area (Å²) in [4.78, 5) is 23.4. The van der Waals surface area contributed by atoms with Gasteiger partial charge in [0.2, 0.25) is 0 Å². The Hall–Kier alpha value is -2.11. The van der Waals surface area contributed by atoms with Gasteiger partial charge in [-0.15, -0.1) is 0 Å². The summed E-state index contributed by atoms with van der Waals surface area (Å²) in [6, 6.07) is 3.76. The van der Waals surface area contributed by atoms with E-state index >= 15 is 0 Å². The Bertz CT molecular complexity index is 556. The molecule has 1 fully saturated rings. The number of benzene rings is 1. The van der Waals surface area contributed by atoms with Gasteiger partial charge >= 0.3 is 5.97 Å². The van der Waals surface area contributed by atoms with E-state index in [-0.39, 0.29) is 17.2 Å². The number of carboxylic acids is 1. The van der Waals surface area contributed by atoms with Gasteiger partial charge in [0.15, 0.2) is 11.6 Å². The van der Waals surface area contributed by atoms with E-state index in [0.29, 0.717) is 0 Å². The van der Waals surface area contributed by atoms with Crippen molar-refractivity contribution in [3.05, 3.63) is 29.6 Å². The molecule has 6 heteroatoms. The molecule has 0 heterocycles. The first-order valence-electron chi connectivity index (χ1n) is 6.28. The molecule has 0 aromatic heterocycles. The number of rotatable bonds is 5. The predicted octanol–water partition coefficient (Wildman–Crippen LogP) is 1.82. The molecule has 0 aliphatic heterocycles. The van der Waals surface area contributed by atoms with Gasteiger partial charge in [-0.2, -0.15) is 0 Å². The van der Waals surface area contributed by atoms with Crippen LogP contribution in [0.4, 0.5) is 4.39 Å². The highest BCUT2D eigenvalue weighted by molar-refractivity contribution is 5.98. The second kappa shape index (κ2) is 5.11. The quantitative estimate of drug-likeness (QED) is 0.863. The van der Waals surface area contributed by atoms with Crippen LogP contribution in [0.15, 0.2) is 18.2 Å². The number of ether oxygens (including phenoxy) is 1. The number of methoxy groups -OCH3 is 1. The number of amides is 1. The van der Waals surface area contributed by atoms with Crippen molar-refractivity contribution in [2.45, 2.75) is 25.3 Å². The summed E-state index contributed by atoms with van der Waals surface area (Å²) in [7, 11) is 1.33. The van der Waals surface area contributed by atoms with Crippen molar-refractivity contribution in [1.82, 2.24) is 5.32 Å². The summed E-state index contributed by atoms with van der Waals surface area (Å²) in [6.07, 6.45) is 1.53. The maximum absolute atomic E-state index is 13.6. The Morgan fingerprint density at radius 1 is 1.45 bits per heavy atom. The van der Waals surface area contributed by atoms with Crippen LogP contribution in [0.3, 0.4) is 0 Å². The lowest BCUT2D eigenvalue weighted by atomic mass is 9.95. The van der Waals surface area contributed by atoms with Gasteiger partial charge in [0.1, 0.15) is 5.54 Å². The molecule has 108 valence electrons. The van der Waals surface area contributed by atoms with Crippen molar-refractivity contribution in [2.24, 2.45) is 5.92 Å². The third kappa shape index (κ3) is 2.59. The molecule has 1 amide bonds. The first-order valence-corrected chi connectivity index (χ1v) is 6.28. The van der Waals surface area contributed by atoms with Gasteiger partial charge in [-0.25, -0.2) is 9.18 Å². The maximum Gasteiger partial charge on any atom is 0.329 e. The average molecular weight is 281 g/mol. The molecule has 1 aromatic carbocycles. The maximum atomic E-state index is 13.6. The Kier molecular flexibility index (Phi) is 3.65. The Labute approximate surface area is 115 Å². The van der Waals surface area contributed by atoms with E-state index in [1.165, 1.54) is 26.2 Å². The summed E-state index contributed by atoms with van der Waals surface area (Å²) in [5, 5.41) is 11.8. The Balaban J connectivity index is 2.19. The van der Waals surface area contributed by atoms with Crippen LogP contribution in [0, 0.1) is 11.7 Å². The highest BCUT2D eigenvalue weighted by Gasteiger charge is 2.48. The van der Waals surface area contributed by atoms with Gasteiger partial charge in [-0.3, -0.25) is 4.79 Å². The third-order valence-electron chi connectivity index (χ3n) is 3.63. The van der Waals surface area contributed by atoms with Crippen LogP contribution in [-0.2, 0) is 4.79 Å². The number of hydrogen-bond acceptors (Lipinski definition) is 3. The first kappa shape index (κ1) is 14.3. The number of carbonyl (C=O) groups is 2. The predicted molar refractivity (Wildman–Crippen MR) is 69.2 cm³/mol. The van der Waals surface area contributed by atoms with Gasteiger partial charge in [0.25, 0.3) is 5.91 Å².